The Morgan fingerprint density at radius 3 is 2.60 bits per heavy atom. The Bertz CT molecular complexity index is 350. The average Bonchev–Trinajstić information content (AvgIpc) is 2.20. The van der Waals surface area contributed by atoms with E-state index in [-0.39, 0.29) is 11.7 Å². The van der Waals surface area contributed by atoms with Crippen LogP contribution in [0.4, 0.5) is 0 Å². The Hall–Kier alpha value is -1.30. The zero-order valence-electron chi connectivity index (χ0n) is 8.64. The molecule has 0 saturated carbocycles. The molecule has 0 fully saturated rings. The van der Waals surface area contributed by atoms with E-state index in [2.05, 4.69) is 4.74 Å². The summed E-state index contributed by atoms with van der Waals surface area (Å²) in [5.41, 5.74) is 0. The zero-order chi connectivity index (χ0) is 11.6. The molecule has 0 aromatic carbocycles. The van der Waals surface area contributed by atoms with Gasteiger partial charge in [0.25, 0.3) is 5.91 Å². The van der Waals surface area contributed by atoms with Gasteiger partial charge in [-0.2, -0.15) is 0 Å². The first-order chi connectivity index (χ1) is 6.97. The third-order valence-electron chi connectivity index (χ3n) is 1.89. The Morgan fingerprint density at radius 2 is 2.13 bits per heavy atom. The van der Waals surface area contributed by atoms with Gasteiger partial charge in [-0.25, -0.2) is 0 Å². The SMILES string of the molecule is COC(=O)C1SC(C(C)=O)=CN(C)C1=O. The minimum Gasteiger partial charge on any atom is -0.468 e. The van der Waals surface area contributed by atoms with E-state index < -0.39 is 11.2 Å². The predicted molar refractivity (Wildman–Crippen MR) is 54.9 cm³/mol. The van der Waals surface area contributed by atoms with E-state index in [9.17, 15) is 14.4 Å². The van der Waals surface area contributed by atoms with Gasteiger partial charge in [0.1, 0.15) is 0 Å². The van der Waals surface area contributed by atoms with E-state index in [4.69, 9.17) is 0 Å². The third-order valence-corrected chi connectivity index (χ3v) is 3.17. The van der Waals surface area contributed by atoms with Crippen molar-refractivity contribution in [3.05, 3.63) is 11.1 Å². The molecule has 0 N–H and O–H groups in total. The van der Waals surface area contributed by atoms with Gasteiger partial charge in [-0.15, -0.1) is 0 Å². The molecule has 82 valence electrons. The van der Waals surface area contributed by atoms with E-state index in [1.807, 2.05) is 0 Å². The van der Waals surface area contributed by atoms with Crippen LogP contribution in [0.25, 0.3) is 0 Å². The number of esters is 1. The Balaban J connectivity index is 2.96. The van der Waals surface area contributed by atoms with Crippen LogP contribution in [0.15, 0.2) is 11.1 Å². The number of Topliss-reactive ketones (excluding diaryl/α,β-unsaturated/α-hetero) is 1. The first-order valence-corrected chi connectivity index (χ1v) is 5.09. The molecular formula is C9H11NO4S. The number of rotatable bonds is 2. The summed E-state index contributed by atoms with van der Waals surface area (Å²) in [5.74, 6) is -1.19. The Kier molecular flexibility index (Phi) is 3.52. The molecule has 5 nitrogen and oxygen atoms in total. The largest absolute Gasteiger partial charge is 0.468 e. The number of ether oxygens (including phenoxy) is 1. The fraction of sp³-hybridized carbons (Fsp3) is 0.444. The van der Waals surface area contributed by atoms with Crippen LogP contribution < -0.4 is 0 Å². The lowest BCUT2D eigenvalue weighted by Gasteiger charge is -2.24. The molecule has 0 saturated heterocycles. The van der Waals surface area contributed by atoms with Gasteiger partial charge >= 0.3 is 5.97 Å². The Labute approximate surface area is 91.4 Å². The molecule has 1 aliphatic rings. The zero-order valence-corrected chi connectivity index (χ0v) is 9.46. The van der Waals surface area contributed by atoms with Gasteiger partial charge in [-0.05, 0) is 6.92 Å². The van der Waals surface area contributed by atoms with Crippen LogP contribution in [0.5, 0.6) is 0 Å². The summed E-state index contributed by atoms with van der Waals surface area (Å²) in [4.78, 5) is 35.5. The molecule has 1 rings (SSSR count). The highest BCUT2D eigenvalue weighted by Crippen LogP contribution is 2.29. The first-order valence-electron chi connectivity index (χ1n) is 4.21. The van der Waals surface area contributed by atoms with E-state index >= 15 is 0 Å². The number of hydrogen-bond acceptors (Lipinski definition) is 5. The second-order valence-corrected chi connectivity index (χ2v) is 4.17. The molecule has 1 atom stereocenters. The van der Waals surface area contributed by atoms with Crippen molar-refractivity contribution in [1.29, 1.82) is 0 Å². The molecule has 0 aliphatic carbocycles. The number of nitrogens with zero attached hydrogens (tertiary/aromatic N) is 1. The summed E-state index contributed by atoms with van der Waals surface area (Å²) in [5, 5.41) is -0.969. The van der Waals surface area contributed by atoms with Crippen LogP contribution in [-0.2, 0) is 19.1 Å². The van der Waals surface area contributed by atoms with Crippen molar-refractivity contribution >= 4 is 29.4 Å². The number of allylic oxidation sites excluding steroid dienone is 1. The van der Waals surface area contributed by atoms with Crippen molar-refractivity contribution in [2.75, 3.05) is 14.2 Å². The molecular weight excluding hydrogens is 218 g/mol. The highest BCUT2D eigenvalue weighted by atomic mass is 32.2. The fourth-order valence-electron chi connectivity index (χ4n) is 1.06. The molecule has 0 bridgehead atoms. The highest BCUT2D eigenvalue weighted by Gasteiger charge is 2.36. The van der Waals surface area contributed by atoms with Gasteiger partial charge in [-0.3, -0.25) is 14.4 Å². The molecule has 0 aromatic rings. The number of hydrogen-bond donors (Lipinski definition) is 0. The standard InChI is InChI=1S/C9H11NO4S/c1-5(11)6-4-10(2)8(12)7(15-6)9(13)14-3/h4,7H,1-3H3. The van der Waals surface area contributed by atoms with Crippen molar-refractivity contribution in [1.82, 2.24) is 4.90 Å². The van der Waals surface area contributed by atoms with Gasteiger partial charge in [0.15, 0.2) is 11.0 Å². The highest BCUT2D eigenvalue weighted by molar-refractivity contribution is 8.06. The maximum Gasteiger partial charge on any atom is 0.328 e. The summed E-state index contributed by atoms with van der Waals surface area (Å²) in [6.07, 6.45) is 1.43. The minimum absolute atomic E-state index is 0.173. The topological polar surface area (TPSA) is 63.7 Å². The fourth-order valence-corrected chi connectivity index (χ4v) is 2.16. The van der Waals surface area contributed by atoms with E-state index in [1.165, 1.54) is 32.2 Å². The molecule has 0 radical (unpaired) electrons. The first kappa shape index (κ1) is 11.8. The minimum atomic E-state index is -0.969. The average molecular weight is 229 g/mol. The van der Waals surface area contributed by atoms with E-state index in [0.29, 0.717) is 4.91 Å². The van der Waals surface area contributed by atoms with E-state index in [1.54, 1.807) is 0 Å². The van der Waals surface area contributed by atoms with Gasteiger partial charge in [-0.1, -0.05) is 11.8 Å². The number of carbonyl (C=O) groups excluding carboxylic acids is 3. The van der Waals surface area contributed by atoms with Crippen LogP contribution in [0, 0.1) is 0 Å². The summed E-state index contributed by atoms with van der Waals surface area (Å²) in [7, 11) is 2.71. The summed E-state index contributed by atoms with van der Waals surface area (Å²) >= 11 is 0.930. The lowest BCUT2D eigenvalue weighted by atomic mass is 10.3. The van der Waals surface area contributed by atoms with Crippen molar-refractivity contribution in [3.8, 4) is 0 Å². The molecule has 1 amide bonds. The van der Waals surface area contributed by atoms with E-state index in [0.717, 1.165) is 11.8 Å². The normalized spacial score (nSPS) is 21.0. The Morgan fingerprint density at radius 1 is 1.53 bits per heavy atom. The number of ketones is 1. The predicted octanol–water partition coefficient (Wildman–Crippen LogP) is 0.164. The van der Waals surface area contributed by atoms with Crippen LogP contribution in [0.1, 0.15) is 6.92 Å². The molecule has 1 unspecified atom stereocenters. The summed E-state index contributed by atoms with van der Waals surface area (Å²) < 4.78 is 4.49. The smallest absolute Gasteiger partial charge is 0.328 e. The van der Waals surface area contributed by atoms with Crippen LogP contribution >= 0.6 is 11.8 Å². The van der Waals surface area contributed by atoms with Crippen molar-refractivity contribution in [3.63, 3.8) is 0 Å². The van der Waals surface area contributed by atoms with Crippen molar-refractivity contribution in [2.45, 2.75) is 12.2 Å². The molecule has 1 heterocycles. The molecule has 0 aromatic heterocycles. The van der Waals surface area contributed by atoms with Gasteiger partial charge in [0, 0.05) is 13.2 Å². The van der Waals surface area contributed by atoms with Crippen LogP contribution in [0.3, 0.4) is 0 Å². The van der Waals surface area contributed by atoms with Crippen molar-refractivity contribution in [2.24, 2.45) is 0 Å². The second-order valence-electron chi connectivity index (χ2n) is 3.02. The molecule has 15 heavy (non-hydrogen) atoms. The quantitative estimate of drug-likeness (QED) is 0.498. The van der Waals surface area contributed by atoms with Crippen LogP contribution in [-0.4, -0.2) is 42.0 Å². The van der Waals surface area contributed by atoms with Crippen LogP contribution in [0.2, 0.25) is 0 Å². The summed E-state index contributed by atoms with van der Waals surface area (Å²) in [6, 6.07) is 0. The van der Waals surface area contributed by atoms with Gasteiger partial charge < -0.3 is 9.64 Å². The monoisotopic (exact) mass is 229 g/mol. The van der Waals surface area contributed by atoms with Crippen molar-refractivity contribution < 1.29 is 19.1 Å². The second kappa shape index (κ2) is 4.48. The number of carbonyl (C=O) groups is 3. The van der Waals surface area contributed by atoms with Gasteiger partial charge in [0.05, 0.1) is 12.0 Å². The third kappa shape index (κ3) is 2.38. The number of amides is 1. The molecule has 6 heteroatoms. The lowest BCUT2D eigenvalue weighted by Crippen LogP contribution is -2.40. The van der Waals surface area contributed by atoms with Gasteiger partial charge in [0.2, 0.25) is 0 Å². The number of thioether (sulfide) groups is 1. The maximum absolute atomic E-state index is 11.5. The lowest BCUT2D eigenvalue weighted by molar-refractivity contribution is -0.144. The molecule has 1 aliphatic heterocycles. The number of methoxy groups -OCH3 is 1. The molecule has 0 spiro atoms. The maximum atomic E-state index is 11.5. The summed E-state index contributed by atoms with van der Waals surface area (Å²) in [6.45, 7) is 1.39.